The summed E-state index contributed by atoms with van der Waals surface area (Å²) >= 11 is 0. The van der Waals surface area contributed by atoms with Crippen LogP contribution in [0.3, 0.4) is 0 Å². The maximum Gasteiger partial charge on any atom is 0.222 e. The largest absolute Gasteiger partial charge is 0.393 e. The van der Waals surface area contributed by atoms with Crippen molar-refractivity contribution in [2.45, 2.75) is 225 Å². The minimum Gasteiger partial charge on any atom is -0.393 e. The minimum absolute atomic E-state index is 0.173. The van der Waals surface area contributed by atoms with Crippen LogP contribution in [0.2, 0.25) is 0 Å². The van der Waals surface area contributed by atoms with Crippen LogP contribution in [0.1, 0.15) is 202 Å². The Hall–Kier alpha value is -1.14. The number of rotatable bonds is 26. The maximum absolute atomic E-state index is 12.1. The Morgan fingerprint density at radius 3 is 1.58 bits per heavy atom. The van der Waals surface area contributed by atoms with E-state index in [0.29, 0.717) is 36.7 Å². The lowest BCUT2D eigenvalue weighted by molar-refractivity contribution is -0.130. The van der Waals surface area contributed by atoms with Crippen molar-refractivity contribution in [2.75, 3.05) is 13.1 Å². The first-order valence-corrected chi connectivity index (χ1v) is 19.7. The van der Waals surface area contributed by atoms with Gasteiger partial charge in [0.2, 0.25) is 11.8 Å². The molecule has 0 bridgehead atoms. The van der Waals surface area contributed by atoms with E-state index in [1.807, 2.05) is 6.92 Å². The first-order valence-electron chi connectivity index (χ1n) is 19.7. The summed E-state index contributed by atoms with van der Waals surface area (Å²) in [5.41, 5.74) is -0.562. The van der Waals surface area contributed by atoms with Gasteiger partial charge in [0.15, 0.2) is 0 Å². The Morgan fingerprint density at radius 1 is 0.622 bits per heavy atom. The Bertz CT molecular complexity index is 743. The molecule has 2 rings (SSSR count). The van der Waals surface area contributed by atoms with E-state index in [1.54, 1.807) is 0 Å². The zero-order valence-electron chi connectivity index (χ0n) is 30.6. The number of amides is 2. The highest BCUT2D eigenvalue weighted by Crippen LogP contribution is 2.28. The third-order valence-electron chi connectivity index (χ3n) is 10.2. The average molecular weight is 637 g/mol. The van der Waals surface area contributed by atoms with Crippen LogP contribution >= 0.6 is 0 Å². The van der Waals surface area contributed by atoms with Crippen molar-refractivity contribution < 1.29 is 19.8 Å². The molecule has 2 N–H and O–H groups in total. The number of carbonyl (C=O) groups is 2. The second-order valence-electron chi connectivity index (χ2n) is 14.6. The molecule has 45 heavy (non-hydrogen) atoms. The molecule has 6 heteroatoms. The Morgan fingerprint density at radius 2 is 1.07 bits per heavy atom. The normalized spacial score (nSPS) is 20.4. The van der Waals surface area contributed by atoms with Gasteiger partial charge in [0.05, 0.1) is 11.7 Å². The molecule has 266 valence electrons. The van der Waals surface area contributed by atoms with Crippen molar-refractivity contribution in [2.24, 2.45) is 0 Å². The van der Waals surface area contributed by atoms with Crippen LogP contribution in [-0.2, 0) is 9.59 Å². The van der Waals surface area contributed by atoms with Gasteiger partial charge in [-0.1, -0.05) is 118 Å². The number of aliphatic hydroxyl groups is 2. The Balaban J connectivity index is 0.000000450. The van der Waals surface area contributed by atoms with E-state index in [-0.39, 0.29) is 6.10 Å². The fraction of sp³-hybridized carbons (Fsp3) is 0.949. The van der Waals surface area contributed by atoms with Crippen LogP contribution < -0.4 is 0 Å². The summed E-state index contributed by atoms with van der Waals surface area (Å²) in [5.74, 6) is 0.664. The Kier molecular flexibility index (Phi) is 24.1. The summed E-state index contributed by atoms with van der Waals surface area (Å²) in [6.45, 7) is 12.7. The van der Waals surface area contributed by atoms with Crippen LogP contribution in [0.4, 0.5) is 0 Å². The number of likely N-dealkylation sites (tertiary alicyclic amines) is 2. The molecular formula is C39H76N2O4. The van der Waals surface area contributed by atoms with Crippen LogP contribution in [0.5, 0.6) is 0 Å². The number of hydrogen-bond donors (Lipinski definition) is 2. The molecule has 2 aliphatic heterocycles. The topological polar surface area (TPSA) is 81.1 Å². The molecule has 2 saturated heterocycles. The van der Waals surface area contributed by atoms with E-state index in [4.69, 9.17) is 0 Å². The predicted octanol–water partition coefficient (Wildman–Crippen LogP) is 9.73. The third-order valence-corrected chi connectivity index (χ3v) is 10.2. The molecule has 0 saturated carbocycles. The molecule has 0 aromatic carbocycles. The second-order valence-corrected chi connectivity index (χ2v) is 14.6. The molecule has 2 aliphatic rings. The van der Waals surface area contributed by atoms with Gasteiger partial charge < -0.3 is 20.0 Å². The van der Waals surface area contributed by atoms with E-state index < -0.39 is 5.60 Å². The highest BCUT2D eigenvalue weighted by atomic mass is 16.3. The molecule has 0 radical (unpaired) electrons. The summed E-state index contributed by atoms with van der Waals surface area (Å²) < 4.78 is 0. The second kappa shape index (κ2) is 25.9. The van der Waals surface area contributed by atoms with Crippen molar-refractivity contribution in [1.82, 2.24) is 9.80 Å². The molecule has 0 spiro atoms. The number of hydrogen-bond acceptors (Lipinski definition) is 4. The summed E-state index contributed by atoms with van der Waals surface area (Å²) in [6, 6.07) is 0.755. The van der Waals surface area contributed by atoms with E-state index >= 15 is 0 Å². The molecule has 6 nitrogen and oxygen atoms in total. The number of aliphatic hydroxyl groups excluding tert-OH is 1. The number of nitrogens with zero attached hydrogens (tertiary/aromatic N) is 2. The van der Waals surface area contributed by atoms with Crippen molar-refractivity contribution in [3.63, 3.8) is 0 Å². The Labute approximate surface area is 279 Å². The number of unbranched alkanes of at least 4 members (excludes halogenated alkanes) is 12. The quantitative estimate of drug-likeness (QED) is 0.0926. The fourth-order valence-corrected chi connectivity index (χ4v) is 7.09. The first-order chi connectivity index (χ1) is 21.7. The van der Waals surface area contributed by atoms with E-state index in [2.05, 4.69) is 37.5 Å². The van der Waals surface area contributed by atoms with Gasteiger partial charge in [0.1, 0.15) is 0 Å². The zero-order valence-corrected chi connectivity index (χ0v) is 30.6. The lowest BCUT2D eigenvalue weighted by atomic mass is 9.91. The van der Waals surface area contributed by atoms with Gasteiger partial charge in [-0.3, -0.25) is 9.59 Å². The van der Waals surface area contributed by atoms with Crippen molar-refractivity contribution in [1.29, 1.82) is 0 Å². The smallest absolute Gasteiger partial charge is 0.222 e. The summed E-state index contributed by atoms with van der Waals surface area (Å²) in [5, 5.41) is 20.6. The molecule has 2 amide bonds. The van der Waals surface area contributed by atoms with Gasteiger partial charge in [0.25, 0.3) is 0 Å². The number of carbonyl (C=O) groups excluding carboxylic acids is 2. The highest BCUT2D eigenvalue weighted by Gasteiger charge is 2.32. The zero-order chi connectivity index (χ0) is 33.3. The summed E-state index contributed by atoms with van der Waals surface area (Å²) in [7, 11) is 0. The van der Waals surface area contributed by atoms with Gasteiger partial charge in [-0.15, -0.1) is 0 Å². The van der Waals surface area contributed by atoms with Crippen LogP contribution in [0.15, 0.2) is 0 Å². The van der Waals surface area contributed by atoms with E-state index in [0.717, 1.165) is 90.1 Å². The summed E-state index contributed by atoms with van der Waals surface area (Å²) in [6.07, 6.45) is 28.2. The van der Waals surface area contributed by atoms with E-state index in [9.17, 15) is 19.8 Å². The molecule has 2 heterocycles. The van der Waals surface area contributed by atoms with Gasteiger partial charge in [-0.25, -0.2) is 0 Å². The lowest BCUT2D eigenvalue weighted by Gasteiger charge is -2.29. The van der Waals surface area contributed by atoms with Gasteiger partial charge >= 0.3 is 0 Å². The van der Waals surface area contributed by atoms with Crippen LogP contribution in [0.25, 0.3) is 0 Å². The standard InChI is InChI=1S/C20H39NO2.C19H37NO2/c1-4-6-8-9-11-17-21-18(12-13-19(21)22)14-16-20(3,23)15-10-7-5-2;1-3-5-7-8-10-16-20-17(13-15-19(20)22)12-14-18(21)11-9-6-4-2/h18,23H,4-17H2,1-3H3;17-18,21H,3-16H2,1-2H3. The van der Waals surface area contributed by atoms with Crippen LogP contribution in [-0.4, -0.2) is 68.7 Å². The average Bonchev–Trinajstić information content (AvgIpc) is 3.56. The molecule has 0 aliphatic carbocycles. The minimum atomic E-state index is -0.562. The molecule has 0 aromatic heterocycles. The predicted molar refractivity (Wildman–Crippen MR) is 190 cm³/mol. The SMILES string of the molecule is CCCCCCCN1C(=O)CCC1CCC(C)(O)CCCCC.CCCCCCCN1C(=O)CCC1CCC(O)CCCCC. The lowest BCUT2D eigenvalue weighted by Crippen LogP contribution is -2.36. The van der Waals surface area contributed by atoms with Crippen molar-refractivity contribution >= 4 is 11.8 Å². The van der Waals surface area contributed by atoms with Crippen molar-refractivity contribution in [3.8, 4) is 0 Å². The molecule has 4 unspecified atom stereocenters. The molecule has 0 aromatic rings. The molecule has 4 atom stereocenters. The molecular weight excluding hydrogens is 560 g/mol. The van der Waals surface area contributed by atoms with Crippen molar-refractivity contribution in [3.05, 3.63) is 0 Å². The van der Waals surface area contributed by atoms with Gasteiger partial charge in [0, 0.05) is 38.0 Å². The van der Waals surface area contributed by atoms with Gasteiger partial charge in [-0.05, 0) is 71.1 Å². The fourth-order valence-electron chi connectivity index (χ4n) is 7.09. The van der Waals surface area contributed by atoms with E-state index in [1.165, 1.54) is 77.0 Å². The molecule has 2 fully saturated rings. The highest BCUT2D eigenvalue weighted by molar-refractivity contribution is 5.79. The van der Waals surface area contributed by atoms with Gasteiger partial charge in [-0.2, -0.15) is 0 Å². The maximum atomic E-state index is 12.1. The first kappa shape index (κ1) is 41.9. The van der Waals surface area contributed by atoms with Crippen LogP contribution in [0, 0.1) is 0 Å². The monoisotopic (exact) mass is 637 g/mol. The summed E-state index contributed by atoms with van der Waals surface area (Å²) in [4.78, 5) is 28.3. The third kappa shape index (κ3) is 19.3.